The summed E-state index contributed by atoms with van der Waals surface area (Å²) in [7, 11) is -1.49. The lowest BCUT2D eigenvalue weighted by Gasteiger charge is -2.28. The first-order valence-electron chi connectivity index (χ1n) is 5.65. The van der Waals surface area contributed by atoms with Crippen molar-refractivity contribution in [3.8, 4) is 5.75 Å². The van der Waals surface area contributed by atoms with E-state index in [0.717, 1.165) is 11.3 Å². The molecule has 0 spiro atoms. The average molecular weight is 335 g/mol. The van der Waals surface area contributed by atoms with Crippen molar-refractivity contribution in [1.29, 1.82) is 0 Å². The summed E-state index contributed by atoms with van der Waals surface area (Å²) in [4.78, 5) is -0.131. The first kappa shape index (κ1) is 15.5. The third-order valence-corrected chi connectivity index (χ3v) is 7.25. The van der Waals surface area contributed by atoms with Crippen molar-refractivity contribution in [3.63, 3.8) is 0 Å². The van der Waals surface area contributed by atoms with Crippen molar-refractivity contribution in [2.45, 2.75) is 29.8 Å². The molecule has 0 N–H and O–H groups in total. The molecule has 0 bridgehead atoms. The zero-order valence-corrected chi connectivity index (χ0v) is 13.5. The lowest BCUT2D eigenvalue weighted by molar-refractivity contribution is 0.414. The van der Waals surface area contributed by atoms with Crippen molar-refractivity contribution in [2.75, 3.05) is 13.4 Å². The standard InChI is InChI=1S/C13H19BrO3S/c1-13(2,18(4,15)16)12(14)9-10-5-7-11(17-3)8-6-10/h5-8,12H,9H2,1-4H3. The first-order valence-corrected chi connectivity index (χ1v) is 8.46. The van der Waals surface area contributed by atoms with Crippen LogP contribution in [0.1, 0.15) is 19.4 Å². The molecule has 0 radical (unpaired) electrons. The van der Waals surface area contributed by atoms with Gasteiger partial charge in [0.1, 0.15) is 5.75 Å². The molecule has 3 nitrogen and oxygen atoms in total. The quantitative estimate of drug-likeness (QED) is 0.777. The molecule has 0 aromatic heterocycles. The molecule has 1 aromatic carbocycles. The highest BCUT2D eigenvalue weighted by atomic mass is 79.9. The van der Waals surface area contributed by atoms with Crippen molar-refractivity contribution < 1.29 is 13.2 Å². The van der Waals surface area contributed by atoms with Crippen LogP contribution in [-0.2, 0) is 16.3 Å². The molecule has 1 atom stereocenters. The third-order valence-electron chi connectivity index (χ3n) is 3.28. The number of rotatable bonds is 5. The zero-order valence-electron chi connectivity index (χ0n) is 11.1. The van der Waals surface area contributed by atoms with Crippen LogP contribution in [0.2, 0.25) is 0 Å². The van der Waals surface area contributed by atoms with Gasteiger partial charge in [-0.25, -0.2) is 8.42 Å². The minimum atomic E-state index is -3.11. The van der Waals surface area contributed by atoms with Crippen LogP contribution in [0, 0.1) is 0 Å². The number of hydrogen-bond acceptors (Lipinski definition) is 3. The molecule has 0 aliphatic carbocycles. The zero-order chi connectivity index (χ0) is 14.0. The van der Waals surface area contributed by atoms with E-state index in [4.69, 9.17) is 4.74 Å². The molecule has 0 saturated carbocycles. The first-order chi connectivity index (χ1) is 8.18. The number of alkyl halides is 1. The third kappa shape index (κ3) is 3.48. The topological polar surface area (TPSA) is 43.4 Å². The fourth-order valence-electron chi connectivity index (χ4n) is 1.45. The van der Waals surface area contributed by atoms with Crippen molar-refractivity contribution in [3.05, 3.63) is 29.8 Å². The van der Waals surface area contributed by atoms with E-state index < -0.39 is 14.6 Å². The van der Waals surface area contributed by atoms with E-state index in [9.17, 15) is 8.42 Å². The van der Waals surface area contributed by atoms with Crippen LogP contribution in [-0.4, -0.2) is 31.4 Å². The minimum absolute atomic E-state index is 0.131. The largest absolute Gasteiger partial charge is 0.497 e. The number of ether oxygens (including phenoxy) is 1. The maximum absolute atomic E-state index is 11.7. The van der Waals surface area contributed by atoms with E-state index >= 15 is 0 Å². The molecule has 0 aliphatic heterocycles. The number of methoxy groups -OCH3 is 1. The molecule has 5 heteroatoms. The molecule has 0 aliphatic rings. The molecule has 1 unspecified atom stereocenters. The summed E-state index contributed by atoms with van der Waals surface area (Å²) in [5.41, 5.74) is 1.08. The summed E-state index contributed by atoms with van der Waals surface area (Å²) in [5, 5.41) is 0. The number of benzene rings is 1. The van der Waals surface area contributed by atoms with E-state index in [-0.39, 0.29) is 4.83 Å². The molecule has 0 heterocycles. The van der Waals surface area contributed by atoms with E-state index in [0.29, 0.717) is 6.42 Å². The summed E-state index contributed by atoms with van der Waals surface area (Å²) in [6.07, 6.45) is 1.93. The van der Waals surface area contributed by atoms with Gasteiger partial charge in [0.25, 0.3) is 0 Å². The van der Waals surface area contributed by atoms with Crippen LogP contribution in [0.15, 0.2) is 24.3 Å². The van der Waals surface area contributed by atoms with Crippen LogP contribution in [0.4, 0.5) is 0 Å². The Kier molecular flexibility index (Phi) is 4.84. The van der Waals surface area contributed by atoms with E-state index in [1.807, 2.05) is 24.3 Å². The fourth-order valence-corrected chi connectivity index (χ4v) is 3.39. The lowest BCUT2D eigenvalue weighted by Crippen LogP contribution is -2.41. The molecule has 1 rings (SSSR count). The van der Waals surface area contributed by atoms with Gasteiger partial charge < -0.3 is 4.74 Å². The molecule has 18 heavy (non-hydrogen) atoms. The smallest absolute Gasteiger partial charge is 0.153 e. The predicted molar refractivity (Wildman–Crippen MR) is 78.3 cm³/mol. The van der Waals surface area contributed by atoms with Crippen molar-refractivity contribution >= 4 is 25.8 Å². The summed E-state index contributed by atoms with van der Waals surface area (Å²) in [6, 6.07) is 7.65. The second-order valence-electron chi connectivity index (χ2n) is 4.90. The fraction of sp³-hybridized carbons (Fsp3) is 0.538. The Labute approximate surface area is 118 Å². The number of hydrogen-bond donors (Lipinski definition) is 0. The SMILES string of the molecule is COc1ccc(CC(Br)C(C)(C)S(C)(=O)=O)cc1. The Morgan fingerprint density at radius 1 is 1.28 bits per heavy atom. The van der Waals surface area contributed by atoms with Gasteiger partial charge in [0, 0.05) is 11.1 Å². The van der Waals surface area contributed by atoms with Gasteiger partial charge in [-0.2, -0.15) is 0 Å². The van der Waals surface area contributed by atoms with Crippen LogP contribution < -0.4 is 4.74 Å². The molecular weight excluding hydrogens is 316 g/mol. The van der Waals surface area contributed by atoms with Gasteiger partial charge in [0.05, 0.1) is 11.9 Å². The van der Waals surface area contributed by atoms with Crippen molar-refractivity contribution in [2.24, 2.45) is 0 Å². The van der Waals surface area contributed by atoms with E-state index in [1.54, 1.807) is 21.0 Å². The maximum Gasteiger partial charge on any atom is 0.153 e. The van der Waals surface area contributed by atoms with E-state index in [2.05, 4.69) is 15.9 Å². The monoisotopic (exact) mass is 334 g/mol. The summed E-state index contributed by atoms with van der Waals surface area (Å²) >= 11 is 3.50. The molecular formula is C13H19BrO3S. The van der Waals surface area contributed by atoms with Gasteiger partial charge in [0.2, 0.25) is 0 Å². The lowest BCUT2D eigenvalue weighted by atomic mass is 10.0. The van der Waals surface area contributed by atoms with E-state index in [1.165, 1.54) is 6.26 Å². The normalized spacial score (nSPS) is 14.3. The highest BCUT2D eigenvalue weighted by Gasteiger charge is 2.37. The number of sulfone groups is 1. The second kappa shape index (κ2) is 5.61. The van der Waals surface area contributed by atoms with Gasteiger partial charge in [-0.1, -0.05) is 28.1 Å². The highest BCUT2D eigenvalue weighted by Crippen LogP contribution is 2.29. The van der Waals surface area contributed by atoms with Crippen LogP contribution >= 0.6 is 15.9 Å². The average Bonchev–Trinajstić information content (AvgIpc) is 2.28. The Bertz CT molecular complexity index is 491. The van der Waals surface area contributed by atoms with Crippen LogP contribution in [0.3, 0.4) is 0 Å². The van der Waals surface area contributed by atoms with Crippen molar-refractivity contribution in [1.82, 2.24) is 0 Å². The molecule has 0 fully saturated rings. The maximum atomic E-state index is 11.7. The van der Waals surface area contributed by atoms with Gasteiger partial charge in [-0.05, 0) is 38.0 Å². The van der Waals surface area contributed by atoms with Crippen LogP contribution in [0.5, 0.6) is 5.75 Å². The molecule has 0 amide bonds. The number of halogens is 1. The molecule has 0 saturated heterocycles. The Hall–Kier alpha value is -0.550. The Morgan fingerprint density at radius 2 is 1.78 bits per heavy atom. The van der Waals surface area contributed by atoms with Gasteiger partial charge in [0.15, 0.2) is 9.84 Å². The predicted octanol–water partition coefficient (Wildman–Crippen LogP) is 2.82. The second-order valence-corrected chi connectivity index (χ2v) is 8.60. The van der Waals surface area contributed by atoms with Gasteiger partial charge >= 0.3 is 0 Å². The summed E-state index contributed by atoms with van der Waals surface area (Å²) in [5.74, 6) is 0.798. The minimum Gasteiger partial charge on any atom is -0.497 e. The summed E-state index contributed by atoms with van der Waals surface area (Å²) < 4.78 is 27.8. The van der Waals surface area contributed by atoms with Gasteiger partial charge in [-0.3, -0.25) is 0 Å². The highest BCUT2D eigenvalue weighted by molar-refractivity contribution is 9.09. The Balaban J connectivity index is 2.84. The summed E-state index contributed by atoms with van der Waals surface area (Å²) in [6.45, 7) is 3.48. The van der Waals surface area contributed by atoms with Crippen LogP contribution in [0.25, 0.3) is 0 Å². The Morgan fingerprint density at radius 3 is 2.17 bits per heavy atom. The molecule has 1 aromatic rings. The van der Waals surface area contributed by atoms with Gasteiger partial charge in [-0.15, -0.1) is 0 Å². The molecule has 102 valence electrons.